The van der Waals surface area contributed by atoms with Gasteiger partial charge >= 0.3 is 5.97 Å². The predicted molar refractivity (Wildman–Crippen MR) is 75.3 cm³/mol. The zero-order valence-electron chi connectivity index (χ0n) is 10.6. The summed E-state index contributed by atoms with van der Waals surface area (Å²) in [6.07, 6.45) is 2.94. The number of nitrogens with one attached hydrogen (secondary N) is 2. The number of amides is 1. The third kappa shape index (κ3) is 3.66. The van der Waals surface area contributed by atoms with Gasteiger partial charge in [0.15, 0.2) is 0 Å². The average molecular weight is 356 g/mol. The van der Waals surface area contributed by atoms with E-state index in [9.17, 15) is 14.0 Å². The predicted octanol–water partition coefficient (Wildman–Crippen LogP) is 1.74. The van der Waals surface area contributed by atoms with Crippen LogP contribution in [0.2, 0.25) is 0 Å². The molecule has 3 N–H and O–H groups in total. The highest BCUT2D eigenvalue weighted by atomic mass is 79.9. The molecule has 0 spiro atoms. The van der Waals surface area contributed by atoms with Crippen LogP contribution in [0.25, 0.3) is 0 Å². The molecule has 0 unspecified atom stereocenters. The number of aliphatic carboxylic acids is 1. The van der Waals surface area contributed by atoms with E-state index in [0.717, 1.165) is 0 Å². The molecule has 1 aromatic carbocycles. The van der Waals surface area contributed by atoms with E-state index in [2.05, 4.69) is 31.2 Å². The fourth-order valence-corrected chi connectivity index (χ4v) is 2.18. The lowest BCUT2D eigenvalue weighted by Gasteiger charge is -2.14. The Morgan fingerprint density at radius 3 is 2.86 bits per heavy atom. The van der Waals surface area contributed by atoms with E-state index >= 15 is 0 Å². The normalized spacial score (nSPS) is 11.9. The maximum absolute atomic E-state index is 13.4. The van der Waals surface area contributed by atoms with Gasteiger partial charge in [-0.1, -0.05) is 6.07 Å². The average Bonchev–Trinajstić information content (AvgIpc) is 2.93. The van der Waals surface area contributed by atoms with Crippen molar-refractivity contribution in [1.82, 2.24) is 15.3 Å². The van der Waals surface area contributed by atoms with Gasteiger partial charge in [-0.3, -0.25) is 4.79 Å². The summed E-state index contributed by atoms with van der Waals surface area (Å²) in [5.41, 5.74) is 0.604. The van der Waals surface area contributed by atoms with Gasteiger partial charge in [0.25, 0.3) is 5.91 Å². The molecule has 0 bridgehead atoms. The molecule has 0 aliphatic rings. The highest BCUT2D eigenvalue weighted by Gasteiger charge is 2.23. The van der Waals surface area contributed by atoms with Gasteiger partial charge < -0.3 is 15.4 Å². The lowest BCUT2D eigenvalue weighted by atomic mass is 10.1. The zero-order chi connectivity index (χ0) is 15.4. The van der Waals surface area contributed by atoms with Crippen molar-refractivity contribution in [1.29, 1.82) is 0 Å². The summed E-state index contributed by atoms with van der Waals surface area (Å²) in [4.78, 5) is 29.8. The Hall–Kier alpha value is -2.22. The van der Waals surface area contributed by atoms with Crippen LogP contribution in [0.1, 0.15) is 16.1 Å². The van der Waals surface area contributed by atoms with Crippen molar-refractivity contribution in [3.05, 3.63) is 52.3 Å². The molecular weight excluding hydrogens is 345 g/mol. The second kappa shape index (κ2) is 6.49. The van der Waals surface area contributed by atoms with Crippen LogP contribution in [0.5, 0.6) is 0 Å². The minimum Gasteiger partial charge on any atom is -0.480 e. The number of hydrogen-bond acceptors (Lipinski definition) is 3. The van der Waals surface area contributed by atoms with Crippen molar-refractivity contribution in [3.63, 3.8) is 0 Å². The molecule has 1 amide bonds. The van der Waals surface area contributed by atoms with Gasteiger partial charge in [-0.25, -0.2) is 14.2 Å². The van der Waals surface area contributed by atoms with Crippen LogP contribution in [-0.2, 0) is 11.2 Å². The molecule has 110 valence electrons. The maximum Gasteiger partial charge on any atom is 0.326 e. The van der Waals surface area contributed by atoms with Crippen LogP contribution in [0.3, 0.4) is 0 Å². The van der Waals surface area contributed by atoms with Crippen LogP contribution >= 0.6 is 15.9 Å². The summed E-state index contributed by atoms with van der Waals surface area (Å²) in [7, 11) is 0. The first-order chi connectivity index (χ1) is 9.99. The van der Waals surface area contributed by atoms with Crippen LogP contribution in [0.4, 0.5) is 4.39 Å². The van der Waals surface area contributed by atoms with Crippen molar-refractivity contribution >= 4 is 27.8 Å². The molecule has 0 saturated carbocycles. The van der Waals surface area contributed by atoms with Crippen LogP contribution in [0.15, 0.2) is 35.2 Å². The van der Waals surface area contributed by atoms with Gasteiger partial charge in [0.1, 0.15) is 11.9 Å². The van der Waals surface area contributed by atoms with E-state index in [1.54, 1.807) is 0 Å². The highest BCUT2D eigenvalue weighted by molar-refractivity contribution is 9.10. The number of aromatic nitrogens is 2. The number of carbonyl (C=O) groups is 2. The van der Waals surface area contributed by atoms with Crippen LogP contribution in [-0.4, -0.2) is 33.0 Å². The van der Waals surface area contributed by atoms with Crippen molar-refractivity contribution in [2.75, 3.05) is 0 Å². The molecular formula is C13H11BrFN3O3. The minimum atomic E-state index is -1.19. The smallest absolute Gasteiger partial charge is 0.326 e. The Morgan fingerprint density at radius 1 is 1.48 bits per heavy atom. The standard InChI is InChI=1S/C13H11BrFN3O3/c14-11-8(2-1-3-9(11)15)12(19)18-10(13(20)21)4-7-5-16-6-17-7/h1-3,5-6,10H,4H2,(H,16,17)(H,18,19)(H,20,21)/t10-/m0/s1. The van der Waals surface area contributed by atoms with E-state index in [1.807, 2.05) is 0 Å². The number of carboxylic acids is 1. The van der Waals surface area contributed by atoms with E-state index < -0.39 is 23.7 Å². The number of benzene rings is 1. The summed E-state index contributed by atoms with van der Waals surface area (Å²) in [5.74, 6) is -2.46. The molecule has 2 aromatic rings. The zero-order valence-corrected chi connectivity index (χ0v) is 12.2. The first kappa shape index (κ1) is 15.2. The number of carbonyl (C=O) groups excluding carboxylic acids is 1. The Balaban J connectivity index is 2.15. The van der Waals surface area contributed by atoms with Gasteiger partial charge in [-0.2, -0.15) is 0 Å². The minimum absolute atomic E-state index is 0.00632. The molecule has 0 fully saturated rings. The lowest BCUT2D eigenvalue weighted by Crippen LogP contribution is -2.42. The molecule has 0 radical (unpaired) electrons. The van der Waals surface area contributed by atoms with E-state index in [1.165, 1.54) is 30.7 Å². The molecule has 8 heteroatoms. The first-order valence-electron chi connectivity index (χ1n) is 5.94. The molecule has 21 heavy (non-hydrogen) atoms. The molecule has 6 nitrogen and oxygen atoms in total. The third-order valence-electron chi connectivity index (χ3n) is 2.78. The monoisotopic (exact) mass is 355 g/mol. The van der Waals surface area contributed by atoms with Crippen molar-refractivity contribution < 1.29 is 19.1 Å². The molecule has 1 atom stereocenters. The Bertz CT molecular complexity index is 661. The van der Waals surface area contributed by atoms with E-state index in [0.29, 0.717) is 5.69 Å². The Kier molecular flexibility index (Phi) is 4.69. The number of carboxylic acid groups (broad SMARTS) is 1. The number of nitrogens with zero attached hydrogens (tertiary/aromatic N) is 1. The summed E-state index contributed by atoms with van der Waals surface area (Å²) in [6, 6.07) is 2.82. The molecule has 0 aliphatic heterocycles. The summed E-state index contributed by atoms with van der Waals surface area (Å²) in [5, 5.41) is 11.5. The van der Waals surface area contributed by atoms with Gasteiger partial charge in [-0.15, -0.1) is 0 Å². The summed E-state index contributed by atoms with van der Waals surface area (Å²) < 4.78 is 13.4. The largest absolute Gasteiger partial charge is 0.480 e. The molecule has 0 saturated heterocycles. The van der Waals surface area contributed by atoms with Crippen molar-refractivity contribution in [2.24, 2.45) is 0 Å². The SMILES string of the molecule is O=C(N[C@@H](Cc1cnc[nH]1)C(=O)O)c1cccc(F)c1Br. The fraction of sp³-hybridized carbons (Fsp3) is 0.154. The van der Waals surface area contributed by atoms with Gasteiger partial charge in [0, 0.05) is 18.3 Å². The van der Waals surface area contributed by atoms with Crippen LogP contribution < -0.4 is 5.32 Å². The molecule has 2 rings (SSSR count). The van der Waals surface area contributed by atoms with Gasteiger partial charge in [-0.05, 0) is 28.1 Å². The number of halogens is 2. The summed E-state index contributed by atoms with van der Waals surface area (Å²) >= 11 is 2.97. The van der Waals surface area contributed by atoms with Crippen LogP contribution in [0, 0.1) is 5.82 Å². The number of aromatic amines is 1. The lowest BCUT2D eigenvalue weighted by molar-refractivity contribution is -0.139. The van der Waals surface area contributed by atoms with Crippen molar-refractivity contribution in [2.45, 2.75) is 12.5 Å². The number of imidazole rings is 1. The maximum atomic E-state index is 13.4. The Morgan fingerprint density at radius 2 is 2.24 bits per heavy atom. The summed E-state index contributed by atoms with van der Waals surface area (Å²) in [6.45, 7) is 0. The number of H-pyrrole nitrogens is 1. The number of rotatable bonds is 5. The third-order valence-corrected chi connectivity index (χ3v) is 3.58. The highest BCUT2D eigenvalue weighted by Crippen LogP contribution is 2.20. The second-order valence-corrected chi connectivity index (χ2v) is 5.04. The first-order valence-corrected chi connectivity index (χ1v) is 6.73. The molecule has 0 aliphatic carbocycles. The Labute approximate surface area is 127 Å². The van der Waals surface area contributed by atoms with Gasteiger partial charge in [0.05, 0.1) is 16.4 Å². The van der Waals surface area contributed by atoms with Gasteiger partial charge in [0.2, 0.25) is 0 Å². The fourth-order valence-electron chi connectivity index (χ4n) is 1.73. The molecule has 1 heterocycles. The quantitative estimate of drug-likeness (QED) is 0.761. The topological polar surface area (TPSA) is 95.1 Å². The van der Waals surface area contributed by atoms with E-state index in [-0.39, 0.29) is 16.5 Å². The second-order valence-electron chi connectivity index (χ2n) is 4.25. The van der Waals surface area contributed by atoms with E-state index in [4.69, 9.17) is 5.11 Å². The molecule has 1 aromatic heterocycles. The number of hydrogen-bond donors (Lipinski definition) is 3. The van der Waals surface area contributed by atoms with Crippen molar-refractivity contribution in [3.8, 4) is 0 Å².